The molecule has 0 fully saturated rings. The highest BCUT2D eigenvalue weighted by Crippen LogP contribution is 2.25. The SMILES string of the molecule is CN(CCC(F)(F)F)C(CN)C(C)(C)C. The van der Waals surface area contributed by atoms with E-state index in [1.54, 1.807) is 11.9 Å². The molecule has 0 saturated carbocycles. The van der Waals surface area contributed by atoms with E-state index in [9.17, 15) is 13.2 Å². The maximum atomic E-state index is 12.0. The Morgan fingerprint density at radius 1 is 1.20 bits per heavy atom. The summed E-state index contributed by atoms with van der Waals surface area (Å²) in [5.41, 5.74) is 5.47. The number of rotatable bonds is 4. The Kier molecular flexibility index (Phi) is 5.06. The minimum absolute atomic E-state index is 0.00262. The normalized spacial score (nSPS) is 15.8. The van der Waals surface area contributed by atoms with E-state index in [0.717, 1.165) is 0 Å². The summed E-state index contributed by atoms with van der Waals surface area (Å²) in [5.74, 6) is 0. The third-order valence-electron chi connectivity index (χ3n) is 2.50. The summed E-state index contributed by atoms with van der Waals surface area (Å²) < 4.78 is 36.1. The fraction of sp³-hybridized carbons (Fsp3) is 1.00. The van der Waals surface area contributed by atoms with Crippen LogP contribution in [-0.2, 0) is 0 Å². The first kappa shape index (κ1) is 14.7. The van der Waals surface area contributed by atoms with Gasteiger partial charge in [0.05, 0.1) is 6.42 Å². The van der Waals surface area contributed by atoms with Crippen molar-refractivity contribution in [3.63, 3.8) is 0 Å². The van der Waals surface area contributed by atoms with Crippen molar-refractivity contribution in [2.45, 2.75) is 39.4 Å². The molecule has 15 heavy (non-hydrogen) atoms. The molecule has 0 saturated heterocycles. The number of halogens is 3. The Morgan fingerprint density at radius 3 is 1.93 bits per heavy atom. The average molecular weight is 226 g/mol. The summed E-state index contributed by atoms with van der Waals surface area (Å²) in [6.07, 6.45) is -4.87. The molecule has 0 aromatic heterocycles. The van der Waals surface area contributed by atoms with Crippen LogP contribution in [0.25, 0.3) is 0 Å². The molecule has 0 aliphatic rings. The first-order chi connectivity index (χ1) is 6.58. The van der Waals surface area contributed by atoms with Gasteiger partial charge in [0.2, 0.25) is 0 Å². The van der Waals surface area contributed by atoms with Crippen molar-refractivity contribution < 1.29 is 13.2 Å². The van der Waals surface area contributed by atoms with Crippen LogP contribution in [0.15, 0.2) is 0 Å². The lowest BCUT2D eigenvalue weighted by atomic mass is 9.86. The van der Waals surface area contributed by atoms with Gasteiger partial charge in [-0.05, 0) is 12.5 Å². The molecule has 0 aliphatic heterocycles. The molecule has 0 rings (SSSR count). The molecular formula is C10H21F3N2. The van der Waals surface area contributed by atoms with Crippen LogP contribution in [0.1, 0.15) is 27.2 Å². The van der Waals surface area contributed by atoms with Crippen molar-refractivity contribution >= 4 is 0 Å². The van der Waals surface area contributed by atoms with Crippen LogP contribution in [0, 0.1) is 5.41 Å². The van der Waals surface area contributed by atoms with Crippen molar-refractivity contribution in [3.8, 4) is 0 Å². The molecule has 0 radical (unpaired) electrons. The molecule has 2 N–H and O–H groups in total. The Morgan fingerprint density at radius 2 is 1.67 bits per heavy atom. The van der Waals surface area contributed by atoms with Crippen LogP contribution in [0.4, 0.5) is 13.2 Å². The summed E-state index contributed by atoms with van der Waals surface area (Å²) in [6.45, 7) is 6.32. The smallest absolute Gasteiger partial charge is 0.329 e. The van der Waals surface area contributed by atoms with Gasteiger partial charge in [0, 0.05) is 19.1 Å². The zero-order valence-electron chi connectivity index (χ0n) is 9.86. The second-order valence-corrected chi connectivity index (χ2v) is 4.96. The van der Waals surface area contributed by atoms with Gasteiger partial charge in [0.1, 0.15) is 0 Å². The summed E-state index contributed by atoms with van der Waals surface area (Å²) in [6, 6.07) is -0.0279. The summed E-state index contributed by atoms with van der Waals surface area (Å²) in [4.78, 5) is 1.69. The van der Waals surface area contributed by atoms with Gasteiger partial charge in [-0.3, -0.25) is 0 Å². The van der Waals surface area contributed by atoms with E-state index in [1.807, 2.05) is 20.8 Å². The van der Waals surface area contributed by atoms with Gasteiger partial charge < -0.3 is 10.6 Å². The van der Waals surface area contributed by atoms with Crippen LogP contribution >= 0.6 is 0 Å². The van der Waals surface area contributed by atoms with Gasteiger partial charge in [-0.15, -0.1) is 0 Å². The van der Waals surface area contributed by atoms with Gasteiger partial charge in [0.25, 0.3) is 0 Å². The molecule has 1 atom stereocenters. The van der Waals surface area contributed by atoms with Crippen molar-refractivity contribution in [2.75, 3.05) is 20.1 Å². The summed E-state index contributed by atoms with van der Waals surface area (Å²) in [7, 11) is 1.69. The van der Waals surface area contributed by atoms with Crippen LogP contribution in [0.5, 0.6) is 0 Å². The predicted molar refractivity (Wildman–Crippen MR) is 55.6 cm³/mol. The Labute approximate surface area is 89.6 Å². The third kappa shape index (κ3) is 5.99. The van der Waals surface area contributed by atoms with Crippen molar-refractivity contribution in [1.29, 1.82) is 0 Å². The Balaban J connectivity index is 4.24. The van der Waals surface area contributed by atoms with Crippen molar-refractivity contribution in [1.82, 2.24) is 4.90 Å². The molecule has 5 heteroatoms. The van der Waals surface area contributed by atoms with Crippen molar-refractivity contribution in [2.24, 2.45) is 11.1 Å². The standard InChI is InChI=1S/C10H21F3N2/c1-9(2,3)8(7-14)15(4)6-5-10(11,12)13/h8H,5-7,14H2,1-4H3. The van der Waals surface area contributed by atoms with Crippen LogP contribution in [0.3, 0.4) is 0 Å². The van der Waals surface area contributed by atoms with Crippen LogP contribution in [-0.4, -0.2) is 37.3 Å². The lowest BCUT2D eigenvalue weighted by Gasteiger charge is -2.37. The predicted octanol–water partition coefficient (Wildman–Crippen LogP) is 2.24. The molecule has 0 aliphatic carbocycles. The van der Waals surface area contributed by atoms with Gasteiger partial charge >= 0.3 is 6.18 Å². The molecule has 0 amide bonds. The molecule has 0 bridgehead atoms. The highest BCUT2D eigenvalue weighted by molar-refractivity contribution is 4.82. The molecule has 0 heterocycles. The highest BCUT2D eigenvalue weighted by atomic mass is 19.4. The monoisotopic (exact) mass is 226 g/mol. The lowest BCUT2D eigenvalue weighted by Crippen LogP contribution is -2.47. The first-order valence-electron chi connectivity index (χ1n) is 5.05. The highest BCUT2D eigenvalue weighted by Gasteiger charge is 2.31. The average Bonchev–Trinajstić information content (AvgIpc) is 1.98. The Bertz CT molecular complexity index is 184. The second kappa shape index (κ2) is 5.16. The number of alkyl halides is 3. The topological polar surface area (TPSA) is 29.3 Å². The van der Waals surface area contributed by atoms with Gasteiger partial charge in [-0.25, -0.2) is 0 Å². The maximum Gasteiger partial charge on any atom is 0.390 e. The number of nitrogens with two attached hydrogens (primary N) is 1. The zero-order chi connectivity index (χ0) is 12.3. The minimum Gasteiger partial charge on any atom is -0.329 e. The number of hydrogen-bond donors (Lipinski definition) is 1. The molecule has 1 unspecified atom stereocenters. The van der Waals surface area contributed by atoms with E-state index < -0.39 is 12.6 Å². The van der Waals surface area contributed by atoms with Gasteiger partial charge in [-0.1, -0.05) is 20.8 Å². The summed E-state index contributed by atoms with van der Waals surface area (Å²) in [5, 5.41) is 0. The summed E-state index contributed by atoms with van der Waals surface area (Å²) >= 11 is 0. The van der Waals surface area contributed by atoms with E-state index in [0.29, 0.717) is 6.54 Å². The largest absolute Gasteiger partial charge is 0.390 e. The molecule has 0 spiro atoms. The van der Waals surface area contributed by atoms with E-state index in [-0.39, 0.29) is 18.0 Å². The van der Waals surface area contributed by atoms with E-state index in [1.165, 1.54) is 0 Å². The van der Waals surface area contributed by atoms with E-state index in [4.69, 9.17) is 5.73 Å². The molecular weight excluding hydrogens is 205 g/mol. The molecule has 0 aromatic rings. The van der Waals surface area contributed by atoms with Gasteiger partial charge in [0.15, 0.2) is 0 Å². The number of hydrogen-bond acceptors (Lipinski definition) is 2. The van der Waals surface area contributed by atoms with E-state index in [2.05, 4.69) is 0 Å². The number of likely N-dealkylation sites (N-methyl/N-ethyl adjacent to an activating group) is 1. The second-order valence-electron chi connectivity index (χ2n) is 4.96. The maximum absolute atomic E-state index is 12.0. The molecule has 92 valence electrons. The van der Waals surface area contributed by atoms with E-state index >= 15 is 0 Å². The quantitative estimate of drug-likeness (QED) is 0.796. The fourth-order valence-electron chi connectivity index (χ4n) is 1.65. The lowest BCUT2D eigenvalue weighted by molar-refractivity contribution is -0.139. The van der Waals surface area contributed by atoms with Crippen LogP contribution < -0.4 is 5.73 Å². The fourth-order valence-corrected chi connectivity index (χ4v) is 1.65. The van der Waals surface area contributed by atoms with Gasteiger partial charge in [-0.2, -0.15) is 13.2 Å². The molecule has 0 aromatic carbocycles. The third-order valence-corrected chi connectivity index (χ3v) is 2.50. The Hall–Kier alpha value is -0.290. The molecule has 2 nitrogen and oxygen atoms in total. The van der Waals surface area contributed by atoms with Crippen molar-refractivity contribution in [3.05, 3.63) is 0 Å². The van der Waals surface area contributed by atoms with Crippen LogP contribution in [0.2, 0.25) is 0 Å². The zero-order valence-corrected chi connectivity index (χ0v) is 9.86. The minimum atomic E-state index is -4.09. The first-order valence-corrected chi connectivity index (χ1v) is 5.05. The number of nitrogens with zero attached hydrogens (tertiary/aromatic N) is 1.